The van der Waals surface area contributed by atoms with Crippen LogP contribution in [0.3, 0.4) is 0 Å². The lowest BCUT2D eigenvalue weighted by Crippen LogP contribution is -2.55. The van der Waals surface area contributed by atoms with Gasteiger partial charge in [0, 0.05) is 18.6 Å². The summed E-state index contributed by atoms with van der Waals surface area (Å²) >= 11 is 0. The third kappa shape index (κ3) is 3.29. The van der Waals surface area contributed by atoms with Crippen LogP contribution in [-0.2, 0) is 4.79 Å². The molecule has 4 heteroatoms. The van der Waals surface area contributed by atoms with Crippen LogP contribution in [0, 0.1) is 11.8 Å². The zero-order chi connectivity index (χ0) is 14.0. The van der Waals surface area contributed by atoms with Crippen LogP contribution in [0.15, 0.2) is 0 Å². The number of carbonyl (C=O) groups is 1. The summed E-state index contributed by atoms with van der Waals surface area (Å²) in [6.07, 6.45) is 5.71. The van der Waals surface area contributed by atoms with Crippen LogP contribution < -0.4 is 5.73 Å². The minimum absolute atomic E-state index is 0.00986. The number of hydrogen-bond donors (Lipinski definition) is 2. The third-order valence-corrected chi connectivity index (χ3v) is 5.09. The normalized spacial score (nSPS) is 35.2. The van der Waals surface area contributed by atoms with Gasteiger partial charge < -0.3 is 15.7 Å². The van der Waals surface area contributed by atoms with Gasteiger partial charge in [-0.3, -0.25) is 4.79 Å². The number of carbonyl (C=O) groups excluding carboxylic acids is 1. The highest BCUT2D eigenvalue weighted by Crippen LogP contribution is 2.34. The van der Waals surface area contributed by atoms with Crippen molar-refractivity contribution in [2.75, 3.05) is 13.1 Å². The molecule has 1 aliphatic heterocycles. The van der Waals surface area contributed by atoms with Gasteiger partial charge in [-0.15, -0.1) is 0 Å². The molecule has 0 aromatic rings. The Morgan fingerprint density at radius 1 is 1.32 bits per heavy atom. The molecule has 3 atom stereocenters. The fourth-order valence-electron chi connectivity index (χ4n) is 3.59. The number of nitrogens with two attached hydrogens (primary N) is 1. The van der Waals surface area contributed by atoms with Gasteiger partial charge in [-0.05, 0) is 45.4 Å². The Labute approximate surface area is 116 Å². The number of hydrogen-bond acceptors (Lipinski definition) is 3. The van der Waals surface area contributed by atoms with Gasteiger partial charge in [0.05, 0.1) is 12.0 Å². The van der Waals surface area contributed by atoms with Gasteiger partial charge in [-0.25, -0.2) is 0 Å². The van der Waals surface area contributed by atoms with E-state index in [4.69, 9.17) is 5.73 Å². The lowest BCUT2D eigenvalue weighted by atomic mass is 9.73. The molecule has 4 nitrogen and oxygen atoms in total. The Bertz CT molecular complexity index is 320. The van der Waals surface area contributed by atoms with E-state index in [2.05, 4.69) is 0 Å². The average Bonchev–Trinajstić information content (AvgIpc) is 2.37. The van der Waals surface area contributed by atoms with Crippen molar-refractivity contribution in [3.05, 3.63) is 0 Å². The molecule has 1 saturated heterocycles. The standard InChI is InChI=1S/C15H28N2O2/c1-11(18)12-6-9-17(10-7-12)14(19)13-5-3-4-8-15(13,2)16/h11-13,18H,3-10,16H2,1-2H3. The summed E-state index contributed by atoms with van der Waals surface area (Å²) in [6, 6.07) is 0. The van der Waals surface area contributed by atoms with E-state index >= 15 is 0 Å². The molecular formula is C15H28N2O2. The second kappa shape index (κ2) is 5.80. The van der Waals surface area contributed by atoms with Crippen molar-refractivity contribution in [2.24, 2.45) is 17.6 Å². The second-order valence-corrected chi connectivity index (χ2v) is 6.71. The monoisotopic (exact) mass is 268 g/mol. The van der Waals surface area contributed by atoms with Crippen molar-refractivity contribution in [1.29, 1.82) is 0 Å². The summed E-state index contributed by atoms with van der Waals surface area (Å²) in [5.41, 5.74) is 5.98. The molecule has 0 radical (unpaired) electrons. The van der Waals surface area contributed by atoms with E-state index in [-0.39, 0.29) is 23.5 Å². The number of nitrogens with zero attached hydrogens (tertiary/aromatic N) is 1. The highest BCUT2D eigenvalue weighted by atomic mass is 16.3. The fraction of sp³-hybridized carbons (Fsp3) is 0.933. The Balaban J connectivity index is 1.93. The minimum Gasteiger partial charge on any atom is -0.393 e. The summed E-state index contributed by atoms with van der Waals surface area (Å²) in [5, 5.41) is 9.61. The lowest BCUT2D eigenvalue weighted by Gasteiger charge is -2.42. The molecule has 0 aromatic carbocycles. The zero-order valence-electron chi connectivity index (χ0n) is 12.3. The Morgan fingerprint density at radius 2 is 1.95 bits per heavy atom. The van der Waals surface area contributed by atoms with Crippen molar-refractivity contribution in [2.45, 2.75) is 64.0 Å². The predicted octanol–water partition coefficient (Wildman–Crippen LogP) is 1.51. The van der Waals surface area contributed by atoms with Crippen LogP contribution in [0.5, 0.6) is 0 Å². The first-order valence-corrected chi connectivity index (χ1v) is 7.67. The number of amides is 1. The molecule has 3 unspecified atom stereocenters. The smallest absolute Gasteiger partial charge is 0.227 e. The van der Waals surface area contributed by atoms with E-state index in [0.29, 0.717) is 5.92 Å². The van der Waals surface area contributed by atoms with Crippen LogP contribution in [0.1, 0.15) is 52.4 Å². The van der Waals surface area contributed by atoms with Crippen LogP contribution in [0.25, 0.3) is 0 Å². The van der Waals surface area contributed by atoms with Gasteiger partial charge in [-0.2, -0.15) is 0 Å². The molecular weight excluding hydrogens is 240 g/mol. The first kappa shape index (κ1) is 14.8. The molecule has 1 saturated carbocycles. The fourth-order valence-corrected chi connectivity index (χ4v) is 3.59. The van der Waals surface area contributed by atoms with Crippen LogP contribution in [0.4, 0.5) is 0 Å². The minimum atomic E-state index is -0.337. The van der Waals surface area contributed by atoms with Crippen molar-refractivity contribution < 1.29 is 9.90 Å². The summed E-state index contributed by atoms with van der Waals surface area (Å²) < 4.78 is 0. The SMILES string of the molecule is CC(O)C1CCN(C(=O)C2CCCCC2(C)N)CC1. The number of aliphatic hydroxyl groups is 1. The predicted molar refractivity (Wildman–Crippen MR) is 75.5 cm³/mol. The van der Waals surface area contributed by atoms with Crippen molar-refractivity contribution in [3.8, 4) is 0 Å². The molecule has 3 N–H and O–H groups in total. The van der Waals surface area contributed by atoms with Gasteiger partial charge in [0.15, 0.2) is 0 Å². The van der Waals surface area contributed by atoms with Crippen LogP contribution >= 0.6 is 0 Å². The molecule has 110 valence electrons. The maximum Gasteiger partial charge on any atom is 0.227 e. The maximum atomic E-state index is 12.6. The van der Waals surface area contributed by atoms with Crippen molar-refractivity contribution >= 4 is 5.91 Å². The Kier molecular flexibility index (Phi) is 4.51. The molecule has 2 rings (SSSR count). The van der Waals surface area contributed by atoms with E-state index in [9.17, 15) is 9.90 Å². The summed E-state index contributed by atoms with van der Waals surface area (Å²) in [4.78, 5) is 14.6. The summed E-state index contributed by atoms with van der Waals surface area (Å²) in [6.45, 7) is 5.43. The van der Waals surface area contributed by atoms with Crippen molar-refractivity contribution in [1.82, 2.24) is 4.90 Å². The number of likely N-dealkylation sites (tertiary alicyclic amines) is 1. The summed E-state index contributed by atoms with van der Waals surface area (Å²) in [5.74, 6) is 0.581. The van der Waals surface area contributed by atoms with E-state index < -0.39 is 0 Å². The second-order valence-electron chi connectivity index (χ2n) is 6.71. The third-order valence-electron chi connectivity index (χ3n) is 5.09. The first-order valence-electron chi connectivity index (χ1n) is 7.67. The van der Waals surface area contributed by atoms with Gasteiger partial charge in [0.2, 0.25) is 5.91 Å². The molecule has 1 amide bonds. The molecule has 1 aliphatic carbocycles. The number of piperidine rings is 1. The highest BCUT2D eigenvalue weighted by Gasteiger charge is 2.40. The van der Waals surface area contributed by atoms with E-state index in [0.717, 1.165) is 51.6 Å². The van der Waals surface area contributed by atoms with Gasteiger partial charge in [-0.1, -0.05) is 12.8 Å². The highest BCUT2D eigenvalue weighted by molar-refractivity contribution is 5.80. The maximum absolute atomic E-state index is 12.6. The average molecular weight is 268 g/mol. The largest absolute Gasteiger partial charge is 0.393 e. The quantitative estimate of drug-likeness (QED) is 0.798. The van der Waals surface area contributed by atoms with Crippen LogP contribution in [-0.4, -0.2) is 40.6 Å². The van der Waals surface area contributed by atoms with Crippen molar-refractivity contribution in [3.63, 3.8) is 0 Å². The van der Waals surface area contributed by atoms with Gasteiger partial charge in [0.1, 0.15) is 0 Å². The molecule has 0 bridgehead atoms. The van der Waals surface area contributed by atoms with Crippen LogP contribution in [0.2, 0.25) is 0 Å². The van der Waals surface area contributed by atoms with Gasteiger partial charge in [0.25, 0.3) is 0 Å². The topological polar surface area (TPSA) is 66.6 Å². The van der Waals surface area contributed by atoms with E-state index in [1.165, 1.54) is 0 Å². The summed E-state index contributed by atoms with van der Waals surface area (Å²) in [7, 11) is 0. The molecule has 2 aliphatic rings. The molecule has 2 fully saturated rings. The number of aliphatic hydroxyl groups excluding tert-OH is 1. The molecule has 0 aromatic heterocycles. The number of rotatable bonds is 2. The molecule has 1 heterocycles. The Hall–Kier alpha value is -0.610. The Morgan fingerprint density at radius 3 is 2.47 bits per heavy atom. The van der Waals surface area contributed by atoms with E-state index in [1.807, 2.05) is 18.7 Å². The lowest BCUT2D eigenvalue weighted by molar-refractivity contribution is -0.140. The molecule has 19 heavy (non-hydrogen) atoms. The van der Waals surface area contributed by atoms with E-state index in [1.54, 1.807) is 0 Å². The van der Waals surface area contributed by atoms with Gasteiger partial charge >= 0.3 is 0 Å². The zero-order valence-corrected chi connectivity index (χ0v) is 12.3. The first-order chi connectivity index (χ1) is 8.92. The molecule has 0 spiro atoms.